The van der Waals surface area contributed by atoms with Crippen LogP contribution in [0.3, 0.4) is 0 Å². The third kappa shape index (κ3) is 3.14. The molecule has 1 N–H and O–H groups in total. The summed E-state index contributed by atoms with van der Waals surface area (Å²) in [6.45, 7) is 2.36. The first-order chi connectivity index (χ1) is 9.31. The van der Waals surface area contributed by atoms with Crippen molar-refractivity contribution in [3.63, 3.8) is 0 Å². The Hall–Kier alpha value is -1.39. The summed E-state index contributed by atoms with van der Waals surface area (Å²) in [4.78, 5) is 6.73. The third-order valence-corrected chi connectivity index (χ3v) is 4.38. The van der Waals surface area contributed by atoms with Gasteiger partial charge in [-0.3, -0.25) is 0 Å². The van der Waals surface area contributed by atoms with E-state index in [4.69, 9.17) is 0 Å². The number of nitrogens with one attached hydrogen (secondary N) is 1. The van der Waals surface area contributed by atoms with Gasteiger partial charge < -0.3 is 10.2 Å². The van der Waals surface area contributed by atoms with Gasteiger partial charge in [0.05, 0.1) is 0 Å². The van der Waals surface area contributed by atoms with Crippen LogP contribution >= 0.6 is 11.3 Å². The molecule has 1 saturated heterocycles. The quantitative estimate of drug-likeness (QED) is 0.930. The topological polar surface area (TPSA) is 28.2 Å². The lowest BCUT2D eigenvalue weighted by molar-refractivity contribution is 0.261. The number of piperidine rings is 1. The Kier molecular flexibility index (Phi) is 3.80. The first-order valence-corrected chi connectivity index (χ1v) is 7.64. The van der Waals surface area contributed by atoms with Crippen molar-refractivity contribution in [3.8, 4) is 10.6 Å². The Balaban J connectivity index is 1.66. The normalized spacial score (nSPS) is 20.4. The van der Waals surface area contributed by atoms with Crippen molar-refractivity contribution in [1.29, 1.82) is 0 Å². The third-order valence-electron chi connectivity index (χ3n) is 3.56. The number of benzene rings is 1. The van der Waals surface area contributed by atoms with Crippen LogP contribution < -0.4 is 5.32 Å². The molecule has 1 fully saturated rings. The lowest BCUT2D eigenvalue weighted by Gasteiger charge is -2.30. The standard InChI is InChI=1S/C15H19N3S/c1-18-9-2-3-14(11-18)17-13-6-4-12(5-7-13)15-16-8-10-19-15/h4-8,10,14,17H,2-3,9,11H2,1H3. The summed E-state index contributed by atoms with van der Waals surface area (Å²) in [5, 5.41) is 6.73. The number of hydrogen-bond acceptors (Lipinski definition) is 4. The Morgan fingerprint density at radius 2 is 2.16 bits per heavy atom. The molecule has 0 saturated carbocycles. The lowest BCUT2D eigenvalue weighted by atomic mass is 10.1. The maximum atomic E-state index is 4.33. The fraction of sp³-hybridized carbons (Fsp3) is 0.400. The SMILES string of the molecule is CN1CCCC(Nc2ccc(-c3nccs3)cc2)C1. The second-order valence-corrected chi connectivity index (χ2v) is 6.05. The Labute approximate surface area is 118 Å². The molecule has 0 aliphatic carbocycles. The molecule has 1 aromatic carbocycles. The molecule has 0 bridgehead atoms. The summed E-state index contributed by atoms with van der Waals surface area (Å²) in [6, 6.07) is 9.18. The minimum Gasteiger partial charge on any atom is -0.381 e. The van der Waals surface area contributed by atoms with E-state index in [1.807, 2.05) is 11.6 Å². The molecule has 0 amide bonds. The fourth-order valence-electron chi connectivity index (χ4n) is 2.59. The Morgan fingerprint density at radius 1 is 1.32 bits per heavy atom. The number of nitrogens with zero attached hydrogens (tertiary/aromatic N) is 2. The molecule has 1 aromatic heterocycles. The van der Waals surface area contributed by atoms with Gasteiger partial charge in [0.25, 0.3) is 0 Å². The van der Waals surface area contributed by atoms with Gasteiger partial charge in [-0.05, 0) is 50.7 Å². The van der Waals surface area contributed by atoms with Gasteiger partial charge in [0.2, 0.25) is 0 Å². The van der Waals surface area contributed by atoms with Crippen LogP contribution in [0.2, 0.25) is 0 Å². The highest BCUT2D eigenvalue weighted by molar-refractivity contribution is 7.13. The fourth-order valence-corrected chi connectivity index (χ4v) is 3.24. The molecule has 1 unspecified atom stereocenters. The van der Waals surface area contributed by atoms with Crippen LogP contribution in [0.4, 0.5) is 5.69 Å². The Bertz CT molecular complexity index is 507. The molecule has 100 valence electrons. The summed E-state index contributed by atoms with van der Waals surface area (Å²) >= 11 is 1.68. The van der Waals surface area contributed by atoms with E-state index in [2.05, 4.69) is 46.5 Å². The van der Waals surface area contributed by atoms with E-state index < -0.39 is 0 Å². The Morgan fingerprint density at radius 3 is 2.84 bits per heavy atom. The number of aromatic nitrogens is 1. The van der Waals surface area contributed by atoms with E-state index in [1.54, 1.807) is 11.3 Å². The number of anilines is 1. The first kappa shape index (κ1) is 12.6. The van der Waals surface area contributed by atoms with Crippen LogP contribution in [-0.4, -0.2) is 36.1 Å². The van der Waals surface area contributed by atoms with E-state index in [0.29, 0.717) is 6.04 Å². The lowest BCUT2D eigenvalue weighted by Crippen LogP contribution is -2.39. The van der Waals surface area contributed by atoms with Gasteiger partial charge in [-0.2, -0.15) is 0 Å². The van der Waals surface area contributed by atoms with Crippen LogP contribution in [0, 0.1) is 0 Å². The van der Waals surface area contributed by atoms with Crippen molar-refractivity contribution < 1.29 is 0 Å². The summed E-state index contributed by atoms with van der Waals surface area (Å²) < 4.78 is 0. The molecule has 3 nitrogen and oxygen atoms in total. The molecule has 1 aliphatic heterocycles. The molecule has 1 atom stereocenters. The van der Waals surface area contributed by atoms with Crippen molar-refractivity contribution in [2.45, 2.75) is 18.9 Å². The van der Waals surface area contributed by atoms with Gasteiger partial charge in [0, 0.05) is 35.4 Å². The summed E-state index contributed by atoms with van der Waals surface area (Å²) in [7, 11) is 2.19. The van der Waals surface area contributed by atoms with Crippen LogP contribution in [0.25, 0.3) is 10.6 Å². The minimum absolute atomic E-state index is 0.574. The second kappa shape index (κ2) is 5.72. The molecule has 0 radical (unpaired) electrons. The number of likely N-dealkylation sites (N-methyl/N-ethyl adjacent to an activating group) is 1. The van der Waals surface area contributed by atoms with E-state index >= 15 is 0 Å². The monoisotopic (exact) mass is 273 g/mol. The van der Waals surface area contributed by atoms with Gasteiger partial charge >= 0.3 is 0 Å². The predicted octanol–water partition coefficient (Wildman–Crippen LogP) is 3.32. The van der Waals surface area contributed by atoms with E-state index in [0.717, 1.165) is 11.6 Å². The molecule has 19 heavy (non-hydrogen) atoms. The van der Waals surface area contributed by atoms with Gasteiger partial charge in [0.15, 0.2) is 0 Å². The van der Waals surface area contributed by atoms with E-state index in [-0.39, 0.29) is 0 Å². The number of likely N-dealkylation sites (tertiary alicyclic amines) is 1. The molecule has 2 heterocycles. The maximum Gasteiger partial charge on any atom is 0.123 e. The first-order valence-electron chi connectivity index (χ1n) is 6.76. The van der Waals surface area contributed by atoms with Gasteiger partial charge in [-0.1, -0.05) is 0 Å². The van der Waals surface area contributed by atoms with Crippen molar-refractivity contribution in [3.05, 3.63) is 35.8 Å². The van der Waals surface area contributed by atoms with E-state index in [9.17, 15) is 0 Å². The van der Waals surface area contributed by atoms with Gasteiger partial charge in [-0.15, -0.1) is 11.3 Å². The van der Waals surface area contributed by atoms with E-state index in [1.165, 1.54) is 30.6 Å². The van der Waals surface area contributed by atoms with Crippen LogP contribution in [0.15, 0.2) is 35.8 Å². The van der Waals surface area contributed by atoms with Crippen LogP contribution in [0.5, 0.6) is 0 Å². The summed E-state index contributed by atoms with van der Waals surface area (Å²) in [6.07, 6.45) is 4.40. The predicted molar refractivity (Wildman–Crippen MR) is 81.7 cm³/mol. The van der Waals surface area contributed by atoms with Crippen molar-refractivity contribution >= 4 is 17.0 Å². The van der Waals surface area contributed by atoms with Gasteiger partial charge in [-0.25, -0.2) is 4.98 Å². The average molecular weight is 273 g/mol. The highest BCUT2D eigenvalue weighted by Gasteiger charge is 2.16. The molecule has 1 aliphatic rings. The zero-order valence-electron chi connectivity index (χ0n) is 11.2. The van der Waals surface area contributed by atoms with Crippen LogP contribution in [-0.2, 0) is 0 Å². The van der Waals surface area contributed by atoms with Crippen LogP contribution in [0.1, 0.15) is 12.8 Å². The van der Waals surface area contributed by atoms with Crippen molar-refractivity contribution in [2.24, 2.45) is 0 Å². The minimum atomic E-state index is 0.574. The number of hydrogen-bond donors (Lipinski definition) is 1. The van der Waals surface area contributed by atoms with Crippen molar-refractivity contribution in [2.75, 3.05) is 25.5 Å². The molecule has 2 aromatic rings. The molecule has 0 spiro atoms. The zero-order valence-corrected chi connectivity index (χ0v) is 12.0. The average Bonchev–Trinajstić information content (AvgIpc) is 2.94. The maximum absolute atomic E-state index is 4.33. The highest BCUT2D eigenvalue weighted by atomic mass is 32.1. The molecular formula is C15H19N3S. The van der Waals surface area contributed by atoms with Crippen molar-refractivity contribution in [1.82, 2.24) is 9.88 Å². The summed E-state index contributed by atoms with van der Waals surface area (Å²) in [5.74, 6) is 0. The summed E-state index contributed by atoms with van der Waals surface area (Å²) in [5.41, 5.74) is 2.40. The molecule has 4 heteroatoms. The number of rotatable bonds is 3. The molecular weight excluding hydrogens is 254 g/mol. The number of thiazole rings is 1. The largest absolute Gasteiger partial charge is 0.381 e. The highest BCUT2D eigenvalue weighted by Crippen LogP contribution is 2.24. The smallest absolute Gasteiger partial charge is 0.123 e. The second-order valence-electron chi connectivity index (χ2n) is 5.16. The van der Waals surface area contributed by atoms with Gasteiger partial charge in [0.1, 0.15) is 5.01 Å². The molecule has 3 rings (SSSR count). The zero-order chi connectivity index (χ0) is 13.1.